The van der Waals surface area contributed by atoms with Gasteiger partial charge in [-0.15, -0.1) is 0 Å². The smallest absolute Gasteiger partial charge is 0.317 e. The van der Waals surface area contributed by atoms with Gasteiger partial charge in [0.15, 0.2) is 0 Å². The highest BCUT2D eigenvalue weighted by atomic mass is 16.5. The molecule has 1 aliphatic heterocycles. The zero-order valence-electron chi connectivity index (χ0n) is 13.4. The first kappa shape index (κ1) is 17.0. The van der Waals surface area contributed by atoms with Crippen LogP contribution in [-0.2, 0) is 4.74 Å². The summed E-state index contributed by atoms with van der Waals surface area (Å²) >= 11 is 0. The lowest BCUT2D eigenvalue weighted by atomic mass is 9.94. The number of morpholine rings is 1. The van der Waals surface area contributed by atoms with Gasteiger partial charge in [0.25, 0.3) is 0 Å². The summed E-state index contributed by atoms with van der Waals surface area (Å²) in [7, 11) is 0. The Morgan fingerprint density at radius 1 is 1.27 bits per heavy atom. The molecule has 1 saturated carbocycles. The van der Waals surface area contributed by atoms with Gasteiger partial charge in [-0.05, 0) is 12.8 Å². The largest absolute Gasteiger partial charge is 0.379 e. The second kappa shape index (κ2) is 9.65. The van der Waals surface area contributed by atoms with Crippen molar-refractivity contribution in [2.24, 2.45) is 0 Å². The average molecular weight is 308 g/mol. The minimum Gasteiger partial charge on any atom is -0.379 e. The molecule has 2 rings (SSSR count). The molecule has 0 aromatic heterocycles. The number of urea groups is 1. The number of hydrogen-bond acceptors (Lipinski definition) is 4. The molecule has 1 N–H and O–H groups in total. The molecule has 6 heteroatoms. The van der Waals surface area contributed by atoms with Crippen LogP contribution in [0.15, 0.2) is 0 Å². The van der Waals surface area contributed by atoms with Gasteiger partial charge in [-0.25, -0.2) is 4.79 Å². The fraction of sp³-hybridized carbons (Fsp3) is 0.875. The summed E-state index contributed by atoms with van der Waals surface area (Å²) in [5.74, 6) is 0. The fourth-order valence-corrected chi connectivity index (χ4v) is 3.26. The van der Waals surface area contributed by atoms with Crippen molar-refractivity contribution >= 4 is 6.03 Å². The average Bonchev–Trinajstić information content (AvgIpc) is 2.57. The van der Waals surface area contributed by atoms with Gasteiger partial charge in [-0.3, -0.25) is 4.90 Å². The van der Waals surface area contributed by atoms with E-state index in [9.17, 15) is 4.79 Å². The van der Waals surface area contributed by atoms with E-state index in [2.05, 4.69) is 16.3 Å². The lowest BCUT2D eigenvalue weighted by Gasteiger charge is -2.34. The normalized spacial score (nSPS) is 20.3. The number of carbonyl (C=O) groups excluding carboxylic acids is 1. The van der Waals surface area contributed by atoms with Gasteiger partial charge in [-0.1, -0.05) is 19.3 Å². The summed E-state index contributed by atoms with van der Waals surface area (Å²) in [5, 5.41) is 11.8. The van der Waals surface area contributed by atoms with Crippen LogP contribution in [-0.4, -0.2) is 67.8 Å². The van der Waals surface area contributed by atoms with Crippen molar-refractivity contribution in [3.8, 4) is 6.07 Å². The lowest BCUT2D eigenvalue weighted by Crippen LogP contribution is -2.49. The zero-order valence-corrected chi connectivity index (χ0v) is 13.4. The number of nitriles is 1. The summed E-state index contributed by atoms with van der Waals surface area (Å²) in [6.45, 7) is 5.52. The quantitative estimate of drug-likeness (QED) is 0.809. The maximum Gasteiger partial charge on any atom is 0.317 e. The van der Waals surface area contributed by atoms with Gasteiger partial charge in [0.2, 0.25) is 0 Å². The first-order valence-electron chi connectivity index (χ1n) is 8.53. The van der Waals surface area contributed by atoms with Crippen molar-refractivity contribution in [2.45, 2.75) is 44.6 Å². The molecule has 0 bridgehead atoms. The van der Waals surface area contributed by atoms with E-state index >= 15 is 0 Å². The predicted molar refractivity (Wildman–Crippen MR) is 84.5 cm³/mol. The third-order valence-electron chi connectivity index (χ3n) is 4.55. The minimum atomic E-state index is -0.00425. The maximum atomic E-state index is 12.5. The van der Waals surface area contributed by atoms with Crippen LogP contribution >= 0.6 is 0 Å². The van der Waals surface area contributed by atoms with Crippen LogP contribution in [0, 0.1) is 11.3 Å². The lowest BCUT2D eigenvalue weighted by molar-refractivity contribution is 0.0385. The number of rotatable bonds is 6. The summed E-state index contributed by atoms with van der Waals surface area (Å²) < 4.78 is 5.32. The van der Waals surface area contributed by atoms with Crippen LogP contribution in [0.25, 0.3) is 0 Å². The standard InChI is InChI=1S/C16H28N4O2/c17-7-4-9-20(15-5-2-1-3-6-15)16(21)18-8-10-19-11-13-22-14-12-19/h15H,1-6,8-14H2,(H,18,21). The molecule has 2 amide bonds. The highest BCUT2D eigenvalue weighted by Crippen LogP contribution is 2.22. The molecular weight excluding hydrogens is 280 g/mol. The molecule has 1 aliphatic carbocycles. The van der Waals surface area contributed by atoms with Crippen LogP contribution in [0.3, 0.4) is 0 Å². The highest BCUT2D eigenvalue weighted by Gasteiger charge is 2.25. The van der Waals surface area contributed by atoms with Gasteiger partial charge in [-0.2, -0.15) is 5.26 Å². The Balaban J connectivity index is 1.75. The number of nitrogens with zero attached hydrogens (tertiary/aromatic N) is 3. The third kappa shape index (κ3) is 5.47. The summed E-state index contributed by atoms with van der Waals surface area (Å²) in [6.07, 6.45) is 6.20. The molecule has 0 unspecified atom stereocenters. The van der Waals surface area contributed by atoms with Gasteiger partial charge in [0, 0.05) is 38.8 Å². The molecule has 1 saturated heterocycles. The van der Waals surface area contributed by atoms with Gasteiger partial charge in [0.1, 0.15) is 0 Å². The van der Waals surface area contributed by atoms with Crippen molar-refractivity contribution < 1.29 is 9.53 Å². The third-order valence-corrected chi connectivity index (χ3v) is 4.55. The molecule has 2 fully saturated rings. The van der Waals surface area contributed by atoms with E-state index in [4.69, 9.17) is 10.00 Å². The van der Waals surface area contributed by atoms with Crippen LogP contribution in [0.2, 0.25) is 0 Å². The van der Waals surface area contributed by atoms with Gasteiger partial charge < -0.3 is 15.0 Å². The van der Waals surface area contributed by atoms with Crippen LogP contribution in [0.4, 0.5) is 4.79 Å². The number of nitrogens with one attached hydrogen (secondary N) is 1. The van der Waals surface area contributed by atoms with E-state index in [1.165, 1.54) is 19.3 Å². The van der Waals surface area contributed by atoms with E-state index in [0.29, 0.717) is 25.6 Å². The maximum absolute atomic E-state index is 12.5. The summed E-state index contributed by atoms with van der Waals surface area (Å²) in [6, 6.07) is 2.46. The Morgan fingerprint density at radius 3 is 2.68 bits per heavy atom. The molecule has 0 aromatic carbocycles. The van der Waals surface area contributed by atoms with Gasteiger partial charge in [0.05, 0.1) is 25.7 Å². The number of amides is 2. The Morgan fingerprint density at radius 2 is 2.00 bits per heavy atom. The van der Waals surface area contributed by atoms with E-state index < -0.39 is 0 Å². The van der Waals surface area contributed by atoms with Crippen molar-refractivity contribution in [3.05, 3.63) is 0 Å². The monoisotopic (exact) mass is 308 g/mol. The fourth-order valence-electron chi connectivity index (χ4n) is 3.26. The van der Waals surface area contributed by atoms with Crippen LogP contribution < -0.4 is 5.32 Å². The minimum absolute atomic E-state index is 0.00425. The first-order chi connectivity index (χ1) is 10.8. The Bertz CT molecular complexity index is 371. The van der Waals surface area contributed by atoms with Crippen molar-refractivity contribution in [1.29, 1.82) is 5.26 Å². The van der Waals surface area contributed by atoms with Crippen molar-refractivity contribution in [1.82, 2.24) is 15.1 Å². The molecule has 2 aliphatic rings. The molecule has 0 spiro atoms. The second-order valence-corrected chi connectivity index (χ2v) is 6.08. The number of hydrogen-bond donors (Lipinski definition) is 1. The van der Waals surface area contributed by atoms with E-state index in [1.54, 1.807) is 0 Å². The van der Waals surface area contributed by atoms with E-state index in [-0.39, 0.29) is 6.03 Å². The van der Waals surface area contributed by atoms with Gasteiger partial charge >= 0.3 is 6.03 Å². The molecule has 22 heavy (non-hydrogen) atoms. The van der Waals surface area contributed by atoms with Crippen molar-refractivity contribution in [2.75, 3.05) is 45.9 Å². The molecule has 1 heterocycles. The predicted octanol–water partition coefficient (Wildman–Crippen LogP) is 1.58. The van der Waals surface area contributed by atoms with E-state index in [1.807, 2.05) is 4.90 Å². The molecule has 0 atom stereocenters. The number of carbonyl (C=O) groups is 1. The topological polar surface area (TPSA) is 68.6 Å². The Labute approximate surface area is 133 Å². The summed E-state index contributed by atoms with van der Waals surface area (Å²) in [4.78, 5) is 16.7. The van der Waals surface area contributed by atoms with Crippen molar-refractivity contribution in [3.63, 3.8) is 0 Å². The van der Waals surface area contributed by atoms with E-state index in [0.717, 1.165) is 45.7 Å². The Hall–Kier alpha value is -1.32. The molecular formula is C16H28N4O2. The second-order valence-electron chi connectivity index (χ2n) is 6.08. The zero-order chi connectivity index (χ0) is 15.6. The SMILES string of the molecule is N#CCCN(C(=O)NCCN1CCOCC1)C1CCCCC1. The Kier molecular flexibility index (Phi) is 7.47. The molecule has 6 nitrogen and oxygen atoms in total. The first-order valence-corrected chi connectivity index (χ1v) is 8.53. The van der Waals surface area contributed by atoms with Crippen LogP contribution in [0.5, 0.6) is 0 Å². The van der Waals surface area contributed by atoms with Crippen LogP contribution in [0.1, 0.15) is 38.5 Å². The number of ether oxygens (including phenoxy) is 1. The molecule has 124 valence electrons. The summed E-state index contributed by atoms with van der Waals surface area (Å²) in [5.41, 5.74) is 0. The molecule has 0 aromatic rings. The molecule has 0 radical (unpaired) electrons. The highest BCUT2D eigenvalue weighted by molar-refractivity contribution is 5.74.